The number of Topliss-reactive ketones (excluding diaryl/α,β-unsaturated/α-hetero) is 1. The minimum atomic E-state index is -1.17. The molecule has 41 heavy (non-hydrogen) atoms. The van der Waals surface area contributed by atoms with Crippen LogP contribution in [0.3, 0.4) is 0 Å². The molecule has 0 radical (unpaired) electrons. The van der Waals surface area contributed by atoms with Gasteiger partial charge in [-0.2, -0.15) is 0 Å². The van der Waals surface area contributed by atoms with Gasteiger partial charge in [-0.3, -0.25) is 14.4 Å². The summed E-state index contributed by atoms with van der Waals surface area (Å²) in [5.74, 6) is -3.30. The molecule has 0 aromatic heterocycles. The lowest BCUT2D eigenvalue weighted by molar-refractivity contribution is -0.152. The number of carbonyl (C=O) groups is 4. The lowest BCUT2D eigenvalue weighted by Crippen LogP contribution is -2.53. The maximum Gasteiger partial charge on any atom is 0.340 e. The third-order valence-electron chi connectivity index (χ3n) is 9.95. The number of carbonyl (C=O) groups excluding carboxylic acids is 4. The zero-order valence-corrected chi connectivity index (χ0v) is 24.3. The Morgan fingerprint density at radius 1 is 1.10 bits per heavy atom. The second-order valence-corrected chi connectivity index (χ2v) is 12.3. The van der Waals surface area contributed by atoms with Crippen molar-refractivity contribution < 1.29 is 48.3 Å². The number of aliphatic hydroxyl groups is 2. The fourth-order valence-electron chi connectivity index (χ4n) is 7.90. The number of rotatable bonds is 5. The van der Waals surface area contributed by atoms with Crippen LogP contribution in [0.2, 0.25) is 0 Å². The number of ketones is 1. The summed E-state index contributed by atoms with van der Waals surface area (Å²) in [6.45, 7) is 5.68. The number of esters is 3. The Bertz CT molecular complexity index is 1270. The lowest BCUT2D eigenvalue weighted by atomic mass is 9.55. The highest BCUT2D eigenvalue weighted by Gasteiger charge is 2.62. The molecule has 5 unspecified atom stereocenters. The van der Waals surface area contributed by atoms with Gasteiger partial charge in [0.1, 0.15) is 12.7 Å². The van der Waals surface area contributed by atoms with E-state index in [9.17, 15) is 29.4 Å². The van der Waals surface area contributed by atoms with Gasteiger partial charge in [0.15, 0.2) is 5.76 Å². The van der Waals surface area contributed by atoms with Crippen LogP contribution in [0.15, 0.2) is 33.7 Å². The van der Waals surface area contributed by atoms with Gasteiger partial charge < -0.3 is 34.1 Å². The summed E-state index contributed by atoms with van der Waals surface area (Å²) < 4.78 is 22.0. The van der Waals surface area contributed by atoms with Gasteiger partial charge in [-0.1, -0.05) is 6.92 Å². The molecule has 2 saturated heterocycles. The highest BCUT2D eigenvalue weighted by Crippen LogP contribution is 2.62. The zero-order valence-electron chi connectivity index (χ0n) is 24.3. The van der Waals surface area contributed by atoms with Gasteiger partial charge in [0.25, 0.3) is 0 Å². The Hall–Kier alpha value is -3.18. The van der Waals surface area contributed by atoms with Crippen molar-refractivity contribution in [3.05, 3.63) is 33.7 Å². The number of nitrogens with zero attached hydrogens (tertiary/aromatic N) is 1. The fraction of sp³-hybridized carbons (Fsp3) is 0.667. The van der Waals surface area contributed by atoms with Gasteiger partial charge in [0, 0.05) is 43.7 Å². The number of ether oxygens (including phenoxy) is 4. The second-order valence-electron chi connectivity index (χ2n) is 12.3. The smallest absolute Gasteiger partial charge is 0.340 e. The zero-order chi connectivity index (χ0) is 29.9. The van der Waals surface area contributed by atoms with Gasteiger partial charge in [0.05, 0.1) is 42.4 Å². The molecule has 0 bridgehead atoms. The van der Waals surface area contributed by atoms with Crippen LogP contribution in [0.1, 0.15) is 52.9 Å². The normalized spacial score (nSPS) is 35.0. The van der Waals surface area contributed by atoms with E-state index in [1.807, 2.05) is 11.8 Å². The number of aliphatic hydroxyl groups excluding tert-OH is 2. The molecule has 5 aliphatic rings. The summed E-state index contributed by atoms with van der Waals surface area (Å²) in [5, 5.41) is 22.6. The van der Waals surface area contributed by atoms with E-state index in [1.54, 1.807) is 6.92 Å². The standard InChI is InChI=1S/C30H39NO10/c1-15(32)41-19-12-29(2)17(6-7-20(29)33)21-23(19)30(3)14-40-28(37)22(24(30)26(35)25(21)34)18(13-38-4)31-10-8-16(9-11-31)27(36)39-5/h16-17,19-20,33,35H,6-14H2,1-5H3. The molecule has 0 aromatic carbocycles. The second kappa shape index (κ2) is 10.6. The van der Waals surface area contributed by atoms with Crippen molar-refractivity contribution >= 4 is 23.7 Å². The topological polar surface area (TPSA) is 149 Å². The fourth-order valence-corrected chi connectivity index (χ4v) is 7.90. The molecular weight excluding hydrogens is 534 g/mol. The maximum atomic E-state index is 14.1. The number of hydrogen-bond donors (Lipinski definition) is 2. The van der Waals surface area contributed by atoms with Crippen molar-refractivity contribution in [2.75, 3.05) is 40.5 Å². The lowest BCUT2D eigenvalue weighted by Gasteiger charge is -2.52. The van der Waals surface area contributed by atoms with Crippen molar-refractivity contribution in [3.63, 3.8) is 0 Å². The Balaban J connectivity index is 1.66. The molecule has 3 fully saturated rings. The number of allylic oxidation sites excluding steroid dienone is 1. The number of hydrogen-bond acceptors (Lipinski definition) is 11. The van der Waals surface area contributed by atoms with E-state index in [-0.39, 0.29) is 42.2 Å². The summed E-state index contributed by atoms with van der Waals surface area (Å²) >= 11 is 0. The average Bonchev–Trinajstić information content (AvgIpc) is 3.23. The molecule has 3 aliphatic carbocycles. The summed E-state index contributed by atoms with van der Waals surface area (Å²) in [5.41, 5.74) is -0.392. The number of piperidine rings is 1. The molecule has 0 spiro atoms. The van der Waals surface area contributed by atoms with E-state index in [4.69, 9.17) is 18.9 Å². The number of likely N-dealkylation sites (tertiary alicyclic amines) is 1. The predicted octanol–water partition coefficient (Wildman–Crippen LogP) is 2.14. The van der Waals surface area contributed by atoms with Crippen molar-refractivity contribution in [3.8, 4) is 0 Å². The van der Waals surface area contributed by atoms with Gasteiger partial charge in [0.2, 0.25) is 5.78 Å². The van der Waals surface area contributed by atoms with E-state index >= 15 is 0 Å². The predicted molar refractivity (Wildman–Crippen MR) is 143 cm³/mol. The van der Waals surface area contributed by atoms with Crippen LogP contribution in [-0.2, 0) is 38.1 Å². The molecule has 2 aliphatic heterocycles. The average molecular weight is 574 g/mol. The van der Waals surface area contributed by atoms with Crippen LogP contribution in [0.4, 0.5) is 0 Å². The Kier molecular flexibility index (Phi) is 7.57. The van der Waals surface area contributed by atoms with Gasteiger partial charge in [-0.05, 0) is 50.5 Å². The Morgan fingerprint density at radius 2 is 1.78 bits per heavy atom. The Labute approximate surface area is 239 Å². The van der Waals surface area contributed by atoms with E-state index in [0.29, 0.717) is 62.0 Å². The third kappa shape index (κ3) is 4.48. The molecule has 0 aromatic rings. The molecule has 11 heteroatoms. The first-order valence-corrected chi connectivity index (χ1v) is 14.2. The first-order valence-electron chi connectivity index (χ1n) is 14.2. The SMILES string of the molecule is COCC(=C1C(=O)OCC2(C)C1=C(O)C(=O)C1=C2C(OC(C)=O)CC2(C)C(O)CCC12)N1CCC(C(=O)OC)CC1. The summed E-state index contributed by atoms with van der Waals surface area (Å²) in [6, 6.07) is 0. The van der Waals surface area contributed by atoms with Crippen molar-refractivity contribution in [2.24, 2.45) is 22.7 Å². The minimum absolute atomic E-state index is 0.000538. The molecule has 224 valence electrons. The monoisotopic (exact) mass is 573 g/mol. The van der Waals surface area contributed by atoms with Crippen molar-refractivity contribution in [1.29, 1.82) is 0 Å². The van der Waals surface area contributed by atoms with E-state index < -0.39 is 46.5 Å². The highest BCUT2D eigenvalue weighted by molar-refractivity contribution is 6.13. The van der Waals surface area contributed by atoms with Crippen LogP contribution in [0, 0.1) is 22.7 Å². The molecule has 5 rings (SSSR count). The number of methoxy groups -OCH3 is 2. The first-order chi connectivity index (χ1) is 19.4. The Morgan fingerprint density at radius 3 is 2.39 bits per heavy atom. The summed E-state index contributed by atoms with van der Waals surface area (Å²) in [6.07, 6.45) is 0.757. The highest BCUT2D eigenvalue weighted by atomic mass is 16.5. The van der Waals surface area contributed by atoms with Crippen LogP contribution in [0.5, 0.6) is 0 Å². The largest absolute Gasteiger partial charge is 0.504 e. The van der Waals surface area contributed by atoms with E-state index in [1.165, 1.54) is 21.1 Å². The van der Waals surface area contributed by atoms with Crippen molar-refractivity contribution in [1.82, 2.24) is 4.90 Å². The molecule has 0 amide bonds. The van der Waals surface area contributed by atoms with Crippen LogP contribution in [-0.4, -0.2) is 91.5 Å². The molecule has 11 nitrogen and oxygen atoms in total. The molecule has 1 saturated carbocycles. The third-order valence-corrected chi connectivity index (χ3v) is 9.95. The molecule has 2 N–H and O–H groups in total. The van der Waals surface area contributed by atoms with Crippen LogP contribution >= 0.6 is 0 Å². The van der Waals surface area contributed by atoms with Gasteiger partial charge in [-0.15, -0.1) is 0 Å². The quantitative estimate of drug-likeness (QED) is 0.283. The molecule has 5 atom stereocenters. The summed E-state index contributed by atoms with van der Waals surface area (Å²) in [4.78, 5) is 53.9. The summed E-state index contributed by atoms with van der Waals surface area (Å²) in [7, 11) is 2.84. The van der Waals surface area contributed by atoms with Crippen molar-refractivity contribution in [2.45, 2.75) is 65.1 Å². The van der Waals surface area contributed by atoms with Gasteiger partial charge >= 0.3 is 17.9 Å². The molecule has 2 heterocycles. The molecular formula is C30H39NO10. The minimum Gasteiger partial charge on any atom is -0.504 e. The number of fused-ring (bicyclic) bond motifs is 4. The van der Waals surface area contributed by atoms with E-state index in [0.717, 1.165) is 0 Å². The number of cyclic esters (lactones) is 1. The van der Waals surface area contributed by atoms with Crippen LogP contribution < -0.4 is 0 Å². The van der Waals surface area contributed by atoms with Crippen LogP contribution in [0.25, 0.3) is 0 Å². The van der Waals surface area contributed by atoms with Gasteiger partial charge in [-0.25, -0.2) is 4.79 Å². The maximum absolute atomic E-state index is 14.1. The first kappa shape index (κ1) is 29.3. The van der Waals surface area contributed by atoms with E-state index in [2.05, 4.69) is 0 Å².